The molecule has 0 aromatic carbocycles. The third-order valence-corrected chi connectivity index (χ3v) is 3.63. The monoisotopic (exact) mass is 286 g/mol. The Bertz CT molecular complexity index is 291. The largest absolute Gasteiger partial charge is 0.393 e. The molecule has 0 aliphatic carbocycles. The molecule has 110 valence electrons. The van der Waals surface area contributed by atoms with Crippen LogP contribution in [0.2, 0.25) is 0 Å². The van der Waals surface area contributed by atoms with Gasteiger partial charge in [-0.1, -0.05) is 38.4 Å². The van der Waals surface area contributed by atoms with E-state index in [9.17, 15) is 4.79 Å². The molecule has 1 unspecified atom stereocenters. The maximum Gasteiger partial charge on any atom is 0.251 e. The van der Waals surface area contributed by atoms with Crippen molar-refractivity contribution in [3.63, 3.8) is 0 Å². The van der Waals surface area contributed by atoms with Gasteiger partial charge in [-0.05, 0) is 19.3 Å². The number of unbranched alkanes of at least 4 members (excludes halogenated alkanes) is 3. The van der Waals surface area contributed by atoms with E-state index in [0.717, 1.165) is 25.8 Å². The Labute approximate surface area is 121 Å². The van der Waals surface area contributed by atoms with Crippen LogP contribution in [0.1, 0.15) is 51.9 Å². The van der Waals surface area contributed by atoms with Crippen LogP contribution in [0, 0.1) is 0 Å². The lowest BCUT2D eigenvalue weighted by Crippen LogP contribution is -2.41. The summed E-state index contributed by atoms with van der Waals surface area (Å²) in [6.45, 7) is 4.30. The SMILES string of the molecule is CCCCCCN(CCC(N)=S)C(=O)C1CCCO1. The molecule has 0 radical (unpaired) electrons. The van der Waals surface area contributed by atoms with E-state index < -0.39 is 0 Å². The molecule has 19 heavy (non-hydrogen) atoms. The molecule has 1 rings (SSSR count). The van der Waals surface area contributed by atoms with Gasteiger partial charge in [0.05, 0.1) is 4.99 Å². The molecule has 4 nitrogen and oxygen atoms in total. The number of hydrogen-bond acceptors (Lipinski definition) is 3. The molecular weight excluding hydrogens is 260 g/mol. The van der Waals surface area contributed by atoms with Crippen molar-refractivity contribution in [2.45, 2.75) is 58.0 Å². The van der Waals surface area contributed by atoms with E-state index in [1.54, 1.807) is 0 Å². The van der Waals surface area contributed by atoms with Crippen molar-refractivity contribution in [2.75, 3.05) is 19.7 Å². The van der Waals surface area contributed by atoms with Crippen LogP contribution < -0.4 is 5.73 Å². The van der Waals surface area contributed by atoms with Crippen molar-refractivity contribution in [1.29, 1.82) is 0 Å². The van der Waals surface area contributed by atoms with Gasteiger partial charge in [0.15, 0.2) is 0 Å². The summed E-state index contributed by atoms with van der Waals surface area (Å²) in [6, 6.07) is 0. The average Bonchev–Trinajstić information content (AvgIpc) is 2.90. The lowest BCUT2D eigenvalue weighted by Gasteiger charge is -2.25. The average molecular weight is 286 g/mol. The first-order chi connectivity index (χ1) is 9.15. The maximum absolute atomic E-state index is 12.3. The van der Waals surface area contributed by atoms with Crippen LogP contribution in [0.5, 0.6) is 0 Å². The summed E-state index contributed by atoms with van der Waals surface area (Å²) in [5.74, 6) is 0.116. The van der Waals surface area contributed by atoms with Gasteiger partial charge in [-0.3, -0.25) is 4.79 Å². The fourth-order valence-electron chi connectivity index (χ4n) is 2.28. The summed E-state index contributed by atoms with van der Waals surface area (Å²) in [6.07, 6.45) is 6.82. The zero-order valence-electron chi connectivity index (χ0n) is 11.9. The van der Waals surface area contributed by atoms with Crippen LogP contribution in [0.15, 0.2) is 0 Å². The lowest BCUT2D eigenvalue weighted by atomic mass is 10.1. The Morgan fingerprint density at radius 2 is 2.16 bits per heavy atom. The maximum atomic E-state index is 12.3. The number of thiocarbonyl (C=S) groups is 1. The molecule has 1 heterocycles. The number of amides is 1. The van der Waals surface area contributed by atoms with E-state index in [1.165, 1.54) is 19.3 Å². The highest BCUT2D eigenvalue weighted by Crippen LogP contribution is 2.15. The van der Waals surface area contributed by atoms with Crippen molar-refractivity contribution in [1.82, 2.24) is 4.90 Å². The highest BCUT2D eigenvalue weighted by atomic mass is 32.1. The molecule has 0 aromatic rings. The van der Waals surface area contributed by atoms with E-state index in [2.05, 4.69) is 6.92 Å². The first-order valence-electron chi connectivity index (χ1n) is 7.33. The number of nitrogens with zero attached hydrogens (tertiary/aromatic N) is 1. The van der Waals surface area contributed by atoms with Gasteiger partial charge >= 0.3 is 0 Å². The predicted octanol–water partition coefficient (Wildman–Crippen LogP) is 2.25. The number of ether oxygens (including phenoxy) is 1. The summed E-state index contributed by atoms with van der Waals surface area (Å²) in [5.41, 5.74) is 5.53. The first-order valence-corrected chi connectivity index (χ1v) is 7.74. The Morgan fingerprint density at radius 1 is 1.37 bits per heavy atom. The van der Waals surface area contributed by atoms with Crippen molar-refractivity contribution in [3.8, 4) is 0 Å². The minimum Gasteiger partial charge on any atom is -0.393 e. The summed E-state index contributed by atoms with van der Waals surface area (Å²) in [4.78, 5) is 14.7. The van der Waals surface area contributed by atoms with E-state index in [4.69, 9.17) is 22.7 Å². The third kappa shape index (κ3) is 6.34. The fourth-order valence-corrected chi connectivity index (χ4v) is 2.37. The van der Waals surface area contributed by atoms with Gasteiger partial charge in [0, 0.05) is 26.1 Å². The number of rotatable bonds is 9. The Kier molecular flexibility index (Phi) is 7.98. The molecule has 1 fully saturated rings. The van der Waals surface area contributed by atoms with Crippen LogP contribution >= 0.6 is 12.2 Å². The molecular formula is C14H26N2O2S. The molecule has 1 saturated heterocycles. The number of carbonyl (C=O) groups excluding carboxylic acids is 1. The Hall–Kier alpha value is -0.680. The predicted molar refractivity (Wildman–Crippen MR) is 81.1 cm³/mol. The van der Waals surface area contributed by atoms with Gasteiger partial charge in [0.25, 0.3) is 5.91 Å². The molecule has 0 aromatic heterocycles. The Morgan fingerprint density at radius 3 is 2.74 bits per heavy atom. The molecule has 2 N–H and O–H groups in total. The fraction of sp³-hybridized carbons (Fsp3) is 0.857. The summed E-state index contributed by atoms with van der Waals surface area (Å²) in [5, 5.41) is 0. The van der Waals surface area contributed by atoms with Crippen LogP contribution in [-0.4, -0.2) is 41.6 Å². The zero-order chi connectivity index (χ0) is 14.1. The van der Waals surface area contributed by atoms with Gasteiger partial charge in [-0.2, -0.15) is 0 Å². The van der Waals surface area contributed by atoms with Gasteiger partial charge in [-0.25, -0.2) is 0 Å². The molecule has 1 atom stereocenters. The molecule has 5 heteroatoms. The standard InChI is InChI=1S/C14H26N2O2S/c1-2-3-4-5-9-16(10-8-13(15)19)14(17)12-7-6-11-18-12/h12H,2-11H2,1H3,(H2,15,19). The second-order valence-electron chi connectivity index (χ2n) is 5.10. The topological polar surface area (TPSA) is 55.6 Å². The Balaban J connectivity index is 2.42. The van der Waals surface area contributed by atoms with Gasteiger partial charge in [0.2, 0.25) is 0 Å². The molecule has 1 amide bonds. The lowest BCUT2D eigenvalue weighted by molar-refractivity contribution is -0.140. The molecule has 0 spiro atoms. The second-order valence-corrected chi connectivity index (χ2v) is 5.63. The first kappa shape index (κ1) is 16.4. The van der Waals surface area contributed by atoms with Gasteiger partial charge in [0.1, 0.15) is 6.10 Å². The second kappa shape index (κ2) is 9.26. The molecule has 1 aliphatic heterocycles. The molecule has 0 bridgehead atoms. The van der Waals surface area contributed by atoms with Crippen LogP contribution in [0.25, 0.3) is 0 Å². The summed E-state index contributed by atoms with van der Waals surface area (Å²) >= 11 is 4.90. The van der Waals surface area contributed by atoms with E-state index in [-0.39, 0.29) is 12.0 Å². The minimum atomic E-state index is -0.238. The van der Waals surface area contributed by atoms with Gasteiger partial charge < -0.3 is 15.4 Å². The van der Waals surface area contributed by atoms with Gasteiger partial charge in [-0.15, -0.1) is 0 Å². The molecule has 1 aliphatic rings. The third-order valence-electron chi connectivity index (χ3n) is 3.43. The van der Waals surface area contributed by atoms with E-state index in [0.29, 0.717) is 24.6 Å². The highest BCUT2D eigenvalue weighted by molar-refractivity contribution is 7.80. The van der Waals surface area contributed by atoms with E-state index >= 15 is 0 Å². The normalized spacial score (nSPS) is 18.5. The number of carbonyl (C=O) groups is 1. The van der Waals surface area contributed by atoms with Crippen LogP contribution in [-0.2, 0) is 9.53 Å². The highest BCUT2D eigenvalue weighted by Gasteiger charge is 2.27. The van der Waals surface area contributed by atoms with Crippen LogP contribution in [0.4, 0.5) is 0 Å². The quantitative estimate of drug-likeness (QED) is 0.522. The molecule has 0 saturated carbocycles. The number of nitrogens with two attached hydrogens (primary N) is 1. The van der Waals surface area contributed by atoms with E-state index in [1.807, 2.05) is 4.90 Å². The van der Waals surface area contributed by atoms with Crippen molar-refractivity contribution >= 4 is 23.1 Å². The summed E-state index contributed by atoms with van der Waals surface area (Å²) < 4.78 is 5.47. The minimum absolute atomic E-state index is 0.116. The summed E-state index contributed by atoms with van der Waals surface area (Å²) in [7, 11) is 0. The smallest absolute Gasteiger partial charge is 0.251 e. The zero-order valence-corrected chi connectivity index (χ0v) is 12.7. The van der Waals surface area contributed by atoms with Crippen LogP contribution in [0.3, 0.4) is 0 Å². The van der Waals surface area contributed by atoms with Crippen molar-refractivity contribution in [3.05, 3.63) is 0 Å². The van der Waals surface area contributed by atoms with Crippen molar-refractivity contribution < 1.29 is 9.53 Å². The van der Waals surface area contributed by atoms with Crippen molar-refractivity contribution in [2.24, 2.45) is 5.73 Å². The number of hydrogen-bond donors (Lipinski definition) is 1.